The van der Waals surface area contributed by atoms with Gasteiger partial charge in [0.15, 0.2) is 0 Å². The van der Waals surface area contributed by atoms with Crippen molar-refractivity contribution in [3.8, 4) is 44.5 Å². The Morgan fingerprint density at radius 3 is 1.15 bits per heavy atom. The first kappa shape index (κ1) is 26.4. The van der Waals surface area contributed by atoms with Crippen LogP contribution in [0, 0.1) is 0 Å². The third-order valence-electron chi connectivity index (χ3n) is 9.44. The van der Waals surface area contributed by atoms with Gasteiger partial charge in [-0.1, -0.05) is 158 Å². The number of hydrogen-bond donors (Lipinski definition) is 0. The van der Waals surface area contributed by atoms with Gasteiger partial charge in [-0.05, 0) is 112 Å². The van der Waals surface area contributed by atoms with Crippen molar-refractivity contribution in [2.24, 2.45) is 0 Å². The van der Waals surface area contributed by atoms with Crippen LogP contribution in [0.5, 0.6) is 0 Å². The summed E-state index contributed by atoms with van der Waals surface area (Å²) in [6.45, 7) is 0. The summed E-state index contributed by atoms with van der Waals surface area (Å²) in [6.07, 6.45) is 0. The zero-order valence-electron chi connectivity index (χ0n) is 25.3. The van der Waals surface area contributed by atoms with Gasteiger partial charge >= 0.3 is 0 Å². The molecule has 0 aliphatic rings. The summed E-state index contributed by atoms with van der Waals surface area (Å²) >= 11 is 0. The molecule has 0 heteroatoms. The highest BCUT2D eigenvalue weighted by Gasteiger charge is 2.13. The van der Waals surface area contributed by atoms with Gasteiger partial charge in [0.1, 0.15) is 0 Å². The van der Waals surface area contributed by atoms with Crippen molar-refractivity contribution in [3.63, 3.8) is 0 Å². The van der Waals surface area contributed by atoms with Crippen LogP contribution in [-0.4, -0.2) is 0 Å². The van der Waals surface area contributed by atoms with Crippen molar-refractivity contribution in [3.05, 3.63) is 182 Å². The van der Waals surface area contributed by atoms with E-state index in [1.807, 2.05) is 0 Å². The third-order valence-corrected chi connectivity index (χ3v) is 9.44. The molecule has 0 aromatic heterocycles. The normalized spacial score (nSPS) is 11.5. The van der Waals surface area contributed by atoms with Crippen molar-refractivity contribution < 1.29 is 0 Å². The highest BCUT2D eigenvalue weighted by atomic mass is 14.2. The molecule has 0 nitrogen and oxygen atoms in total. The van der Waals surface area contributed by atoms with Gasteiger partial charge in [0.25, 0.3) is 0 Å². The van der Waals surface area contributed by atoms with E-state index in [1.165, 1.54) is 87.6 Å². The zero-order valence-corrected chi connectivity index (χ0v) is 25.3. The molecule has 0 spiro atoms. The van der Waals surface area contributed by atoms with E-state index in [0.717, 1.165) is 0 Å². The minimum atomic E-state index is 1.23. The van der Waals surface area contributed by atoms with Gasteiger partial charge in [-0.2, -0.15) is 0 Å². The molecule has 0 radical (unpaired) electrons. The fraction of sp³-hybridized carbons (Fsp3) is 0. The van der Waals surface area contributed by atoms with Crippen LogP contribution in [0.15, 0.2) is 182 Å². The molecule has 0 unspecified atom stereocenters. The second kappa shape index (κ2) is 10.9. The van der Waals surface area contributed by atoms with E-state index in [0.29, 0.717) is 0 Å². The summed E-state index contributed by atoms with van der Waals surface area (Å²) in [7, 11) is 0. The molecule has 9 aromatic rings. The van der Waals surface area contributed by atoms with Gasteiger partial charge in [-0.15, -0.1) is 0 Å². The maximum Gasteiger partial charge on any atom is -0.00988 e. The van der Waals surface area contributed by atoms with Crippen molar-refractivity contribution in [1.82, 2.24) is 0 Å². The van der Waals surface area contributed by atoms with Crippen LogP contribution >= 0.6 is 0 Å². The first-order chi connectivity index (χ1) is 22.8. The zero-order chi connectivity index (χ0) is 30.5. The molecule has 214 valence electrons. The molecule has 0 aliphatic heterocycles. The lowest BCUT2D eigenvalue weighted by molar-refractivity contribution is 1.62. The van der Waals surface area contributed by atoms with E-state index in [-0.39, 0.29) is 0 Å². The van der Waals surface area contributed by atoms with Crippen LogP contribution in [-0.2, 0) is 0 Å². The van der Waals surface area contributed by atoms with Crippen molar-refractivity contribution in [1.29, 1.82) is 0 Å². The second-order valence-electron chi connectivity index (χ2n) is 12.1. The summed E-state index contributed by atoms with van der Waals surface area (Å²) in [5, 5.41) is 10.1. The van der Waals surface area contributed by atoms with E-state index < -0.39 is 0 Å². The monoisotopic (exact) mass is 582 g/mol. The average Bonchev–Trinajstić information content (AvgIpc) is 3.14. The summed E-state index contributed by atoms with van der Waals surface area (Å²) in [4.78, 5) is 0. The van der Waals surface area contributed by atoms with E-state index in [2.05, 4.69) is 182 Å². The van der Waals surface area contributed by atoms with Crippen molar-refractivity contribution in [2.45, 2.75) is 0 Å². The second-order valence-corrected chi connectivity index (χ2v) is 12.1. The number of fused-ring (bicyclic) bond motifs is 5. The molecular formula is C46H30. The number of benzene rings is 9. The molecule has 0 bridgehead atoms. The standard InChI is InChI=1S/C46H30/c1-3-11-31(12-4-1)39-25-26-42(44-18-10-9-17-43(39)44)37-21-23-40-35(27-37)19-20-36-28-38(22-24-41(36)40)46-30-34-16-8-7-15-33(34)29-45(46)32-13-5-2-6-14-32/h1-30H. The van der Waals surface area contributed by atoms with E-state index >= 15 is 0 Å². The Labute approximate surface area is 268 Å². The summed E-state index contributed by atoms with van der Waals surface area (Å²) < 4.78 is 0. The molecule has 46 heavy (non-hydrogen) atoms. The molecule has 9 rings (SSSR count). The van der Waals surface area contributed by atoms with Crippen LogP contribution in [0.2, 0.25) is 0 Å². The SMILES string of the molecule is c1ccc(-c2cc3ccccc3cc2-c2ccc3c(ccc4cc(-c5ccc(-c6ccccc6)c6ccccc56)ccc43)c2)cc1. The first-order valence-corrected chi connectivity index (χ1v) is 15.9. The van der Waals surface area contributed by atoms with Crippen LogP contribution in [0.3, 0.4) is 0 Å². The third kappa shape index (κ3) is 4.47. The summed E-state index contributed by atoms with van der Waals surface area (Å²) in [6, 6.07) is 66.5. The largest absolute Gasteiger partial charge is 0.0622 e. The van der Waals surface area contributed by atoms with Crippen LogP contribution in [0.1, 0.15) is 0 Å². The van der Waals surface area contributed by atoms with Gasteiger partial charge in [0.2, 0.25) is 0 Å². The Hall–Kier alpha value is -5.98. The fourth-order valence-electron chi connectivity index (χ4n) is 7.16. The molecule has 0 saturated carbocycles. The Bertz CT molecular complexity index is 2560. The minimum Gasteiger partial charge on any atom is -0.0622 e. The molecule has 0 atom stereocenters. The predicted molar refractivity (Wildman–Crippen MR) is 198 cm³/mol. The maximum absolute atomic E-state index is 2.36. The lowest BCUT2D eigenvalue weighted by Crippen LogP contribution is -1.88. The molecule has 9 aromatic carbocycles. The smallest absolute Gasteiger partial charge is 0.00988 e. The van der Waals surface area contributed by atoms with Crippen LogP contribution < -0.4 is 0 Å². The van der Waals surface area contributed by atoms with Crippen molar-refractivity contribution >= 4 is 43.1 Å². The summed E-state index contributed by atoms with van der Waals surface area (Å²) in [5.41, 5.74) is 10.00. The molecular weight excluding hydrogens is 553 g/mol. The van der Waals surface area contributed by atoms with E-state index in [9.17, 15) is 0 Å². The molecule has 0 N–H and O–H groups in total. The maximum atomic E-state index is 2.36. The Morgan fingerprint density at radius 2 is 0.609 bits per heavy atom. The Kier molecular flexibility index (Phi) is 6.25. The van der Waals surface area contributed by atoms with Crippen LogP contribution in [0.4, 0.5) is 0 Å². The highest BCUT2D eigenvalue weighted by molar-refractivity contribution is 6.11. The van der Waals surface area contributed by atoms with Gasteiger partial charge < -0.3 is 0 Å². The van der Waals surface area contributed by atoms with E-state index in [1.54, 1.807) is 0 Å². The fourth-order valence-corrected chi connectivity index (χ4v) is 7.16. The Balaban J connectivity index is 1.16. The highest BCUT2D eigenvalue weighted by Crippen LogP contribution is 2.40. The van der Waals surface area contributed by atoms with Crippen molar-refractivity contribution in [2.75, 3.05) is 0 Å². The average molecular weight is 583 g/mol. The lowest BCUT2D eigenvalue weighted by Gasteiger charge is -2.15. The first-order valence-electron chi connectivity index (χ1n) is 15.9. The molecule has 0 amide bonds. The van der Waals surface area contributed by atoms with Gasteiger partial charge in [0, 0.05) is 0 Å². The predicted octanol–water partition coefficient (Wildman–Crippen LogP) is 13.0. The van der Waals surface area contributed by atoms with Gasteiger partial charge in [0.05, 0.1) is 0 Å². The number of rotatable bonds is 4. The van der Waals surface area contributed by atoms with Crippen LogP contribution in [0.25, 0.3) is 87.6 Å². The minimum absolute atomic E-state index is 1.23. The topological polar surface area (TPSA) is 0 Å². The molecule has 0 heterocycles. The molecule has 0 fully saturated rings. The summed E-state index contributed by atoms with van der Waals surface area (Å²) in [5.74, 6) is 0. The van der Waals surface area contributed by atoms with Gasteiger partial charge in [-0.25, -0.2) is 0 Å². The molecule has 0 aliphatic carbocycles. The quantitative estimate of drug-likeness (QED) is 0.181. The molecule has 0 saturated heterocycles. The van der Waals surface area contributed by atoms with Gasteiger partial charge in [-0.3, -0.25) is 0 Å². The lowest BCUT2D eigenvalue weighted by atomic mass is 9.89. The Morgan fingerprint density at radius 1 is 0.196 bits per heavy atom. The number of hydrogen-bond acceptors (Lipinski definition) is 0. The van der Waals surface area contributed by atoms with E-state index in [4.69, 9.17) is 0 Å².